The first-order chi connectivity index (χ1) is 6.74. The molecule has 0 aromatic heterocycles. The van der Waals surface area contributed by atoms with Gasteiger partial charge in [0.2, 0.25) is 0 Å². The maximum atomic E-state index is 9.27. The third kappa shape index (κ3) is 3.36. The fraction of sp³-hybridized carbons (Fsp3) is 0.455. The van der Waals surface area contributed by atoms with Crippen molar-refractivity contribution in [1.82, 2.24) is 0 Å². The minimum atomic E-state index is -0.428. The smallest absolute Gasteiger partial charge is 0.119 e. The average molecular weight is 196 g/mol. The van der Waals surface area contributed by atoms with Crippen LogP contribution in [0.5, 0.6) is 5.75 Å². The minimum Gasteiger partial charge on any atom is -0.491 e. The Morgan fingerprint density at radius 1 is 1.21 bits per heavy atom. The third-order valence-corrected chi connectivity index (χ3v) is 1.92. The van der Waals surface area contributed by atoms with Gasteiger partial charge in [0, 0.05) is 7.11 Å². The Labute approximate surface area is 84.3 Å². The third-order valence-electron chi connectivity index (χ3n) is 1.92. The van der Waals surface area contributed by atoms with Gasteiger partial charge >= 0.3 is 0 Å². The van der Waals surface area contributed by atoms with Gasteiger partial charge in [-0.2, -0.15) is 0 Å². The predicted molar refractivity (Wildman–Crippen MR) is 54.4 cm³/mol. The van der Waals surface area contributed by atoms with Gasteiger partial charge in [-0.1, -0.05) is 12.1 Å². The number of aliphatic hydroxyl groups is 1. The number of aliphatic hydroxyl groups excluding tert-OH is 1. The largest absolute Gasteiger partial charge is 0.491 e. The number of methoxy groups -OCH3 is 1. The Hall–Kier alpha value is -1.06. The van der Waals surface area contributed by atoms with Crippen LogP contribution in [0.25, 0.3) is 0 Å². The number of benzene rings is 1. The average Bonchev–Trinajstić information content (AvgIpc) is 2.19. The van der Waals surface area contributed by atoms with Crippen LogP contribution in [0.4, 0.5) is 0 Å². The second-order valence-electron chi connectivity index (χ2n) is 3.09. The van der Waals surface area contributed by atoms with Crippen LogP contribution in [0.2, 0.25) is 0 Å². The molecule has 0 aliphatic heterocycles. The van der Waals surface area contributed by atoms with Crippen molar-refractivity contribution in [1.29, 1.82) is 0 Å². The minimum absolute atomic E-state index is 0.428. The fourth-order valence-electron chi connectivity index (χ4n) is 1.09. The summed E-state index contributed by atoms with van der Waals surface area (Å²) in [5.74, 6) is 0.798. The Bertz CT molecular complexity index is 254. The quantitative estimate of drug-likeness (QED) is 0.729. The lowest BCUT2D eigenvalue weighted by Crippen LogP contribution is -2.04. The lowest BCUT2D eigenvalue weighted by Gasteiger charge is -2.07. The lowest BCUT2D eigenvalue weighted by atomic mass is 10.1. The fourth-order valence-corrected chi connectivity index (χ4v) is 1.09. The van der Waals surface area contributed by atoms with Crippen LogP contribution in [0.1, 0.15) is 18.6 Å². The molecule has 3 nitrogen and oxygen atoms in total. The Balaban J connectivity index is 2.47. The van der Waals surface area contributed by atoms with Gasteiger partial charge in [-0.3, -0.25) is 0 Å². The van der Waals surface area contributed by atoms with Crippen LogP contribution >= 0.6 is 0 Å². The van der Waals surface area contributed by atoms with E-state index < -0.39 is 6.10 Å². The number of rotatable bonds is 5. The molecule has 1 N–H and O–H groups in total. The number of hydrogen-bond acceptors (Lipinski definition) is 3. The molecule has 0 saturated carbocycles. The molecule has 3 heteroatoms. The topological polar surface area (TPSA) is 38.7 Å². The molecule has 78 valence electrons. The normalized spacial score (nSPS) is 12.5. The van der Waals surface area contributed by atoms with Crippen molar-refractivity contribution in [3.63, 3.8) is 0 Å². The summed E-state index contributed by atoms with van der Waals surface area (Å²) in [4.78, 5) is 0. The van der Waals surface area contributed by atoms with Gasteiger partial charge in [0.05, 0.1) is 12.7 Å². The first kappa shape index (κ1) is 11.0. The van der Waals surface area contributed by atoms with E-state index >= 15 is 0 Å². The molecule has 0 fully saturated rings. The summed E-state index contributed by atoms with van der Waals surface area (Å²) >= 11 is 0. The molecule has 1 rings (SSSR count). The summed E-state index contributed by atoms with van der Waals surface area (Å²) in [5.41, 5.74) is 0.893. The first-order valence-corrected chi connectivity index (χ1v) is 4.64. The van der Waals surface area contributed by atoms with Crippen molar-refractivity contribution < 1.29 is 14.6 Å². The summed E-state index contributed by atoms with van der Waals surface area (Å²) in [6.45, 7) is 2.86. The van der Waals surface area contributed by atoms with Crippen LogP contribution < -0.4 is 4.74 Å². The van der Waals surface area contributed by atoms with E-state index in [-0.39, 0.29) is 0 Å². The van der Waals surface area contributed by atoms with Gasteiger partial charge in [0.25, 0.3) is 0 Å². The van der Waals surface area contributed by atoms with Crippen LogP contribution in [0.3, 0.4) is 0 Å². The van der Waals surface area contributed by atoms with Gasteiger partial charge in [0.1, 0.15) is 12.4 Å². The van der Waals surface area contributed by atoms with E-state index in [4.69, 9.17) is 9.47 Å². The Morgan fingerprint density at radius 3 is 2.36 bits per heavy atom. The summed E-state index contributed by atoms with van der Waals surface area (Å²) in [7, 11) is 1.64. The molecule has 0 saturated heterocycles. The highest BCUT2D eigenvalue weighted by atomic mass is 16.5. The molecule has 0 unspecified atom stereocenters. The predicted octanol–water partition coefficient (Wildman–Crippen LogP) is 1.77. The summed E-state index contributed by atoms with van der Waals surface area (Å²) in [6.07, 6.45) is -0.428. The summed E-state index contributed by atoms with van der Waals surface area (Å²) < 4.78 is 10.2. The molecule has 0 radical (unpaired) electrons. The molecular formula is C11H16O3. The SMILES string of the molecule is COCCOc1ccc([C@H](C)O)cc1. The van der Waals surface area contributed by atoms with Crippen molar-refractivity contribution in [2.45, 2.75) is 13.0 Å². The van der Waals surface area contributed by atoms with Gasteiger partial charge in [-0.25, -0.2) is 0 Å². The monoisotopic (exact) mass is 196 g/mol. The Kier molecular flexibility index (Phi) is 4.43. The zero-order chi connectivity index (χ0) is 10.4. The number of ether oxygens (including phenoxy) is 2. The summed E-state index contributed by atoms with van der Waals surface area (Å²) in [6, 6.07) is 7.40. The molecule has 0 spiro atoms. The van der Waals surface area contributed by atoms with E-state index in [0.717, 1.165) is 11.3 Å². The van der Waals surface area contributed by atoms with Gasteiger partial charge < -0.3 is 14.6 Å². The van der Waals surface area contributed by atoms with Crippen LogP contribution in [0, 0.1) is 0 Å². The van der Waals surface area contributed by atoms with Crippen molar-refractivity contribution in [2.24, 2.45) is 0 Å². The lowest BCUT2D eigenvalue weighted by molar-refractivity contribution is 0.146. The van der Waals surface area contributed by atoms with E-state index in [0.29, 0.717) is 13.2 Å². The molecular weight excluding hydrogens is 180 g/mol. The van der Waals surface area contributed by atoms with Gasteiger partial charge in [0.15, 0.2) is 0 Å². The molecule has 0 heterocycles. The standard InChI is InChI=1S/C11H16O3/c1-9(12)10-3-5-11(6-4-10)14-8-7-13-2/h3-6,9,12H,7-8H2,1-2H3/t9-/m0/s1. The number of hydrogen-bond donors (Lipinski definition) is 1. The van der Waals surface area contributed by atoms with Gasteiger partial charge in [-0.15, -0.1) is 0 Å². The highest BCUT2D eigenvalue weighted by Gasteiger charge is 2.00. The molecule has 0 aliphatic rings. The van der Waals surface area contributed by atoms with Crippen molar-refractivity contribution in [2.75, 3.05) is 20.3 Å². The van der Waals surface area contributed by atoms with Crippen LogP contribution in [0.15, 0.2) is 24.3 Å². The molecule has 0 bridgehead atoms. The molecule has 0 aliphatic carbocycles. The first-order valence-electron chi connectivity index (χ1n) is 4.64. The molecule has 14 heavy (non-hydrogen) atoms. The molecule has 1 aromatic rings. The second kappa shape index (κ2) is 5.62. The van der Waals surface area contributed by atoms with E-state index in [1.807, 2.05) is 24.3 Å². The Morgan fingerprint density at radius 2 is 1.86 bits per heavy atom. The zero-order valence-electron chi connectivity index (χ0n) is 8.56. The van der Waals surface area contributed by atoms with Crippen LogP contribution in [-0.4, -0.2) is 25.4 Å². The highest BCUT2D eigenvalue weighted by Crippen LogP contribution is 2.16. The summed E-state index contributed by atoms with van der Waals surface area (Å²) in [5, 5.41) is 9.27. The molecule has 1 atom stereocenters. The van der Waals surface area contributed by atoms with Gasteiger partial charge in [-0.05, 0) is 24.6 Å². The molecule has 1 aromatic carbocycles. The zero-order valence-corrected chi connectivity index (χ0v) is 8.56. The molecule has 0 amide bonds. The van der Waals surface area contributed by atoms with E-state index in [2.05, 4.69) is 0 Å². The maximum Gasteiger partial charge on any atom is 0.119 e. The van der Waals surface area contributed by atoms with Crippen molar-refractivity contribution in [3.05, 3.63) is 29.8 Å². The van der Waals surface area contributed by atoms with Crippen LogP contribution in [-0.2, 0) is 4.74 Å². The van der Waals surface area contributed by atoms with E-state index in [1.165, 1.54) is 0 Å². The maximum absolute atomic E-state index is 9.27. The van der Waals surface area contributed by atoms with E-state index in [9.17, 15) is 5.11 Å². The highest BCUT2D eigenvalue weighted by molar-refractivity contribution is 5.28. The van der Waals surface area contributed by atoms with Crippen molar-refractivity contribution >= 4 is 0 Å². The second-order valence-corrected chi connectivity index (χ2v) is 3.09. The van der Waals surface area contributed by atoms with Crippen molar-refractivity contribution in [3.8, 4) is 5.75 Å². The van der Waals surface area contributed by atoms with E-state index in [1.54, 1.807) is 14.0 Å².